The standard InChI is InChI=1S/C37H37BrF3N3O4S/c1-26-14-20-33(21-15-26)49(47,48)44(32-13-7-10-29(23-32)37(39,40)41)25-35(45)43(24-28-16-18-30(38)19-17-28)34(22-27-8-3-2-4-9-27)36(46)42-31-11-5-6-12-31/h2-4,7-10,13-21,23,31,34H,5-6,11-12,22,24-25H2,1H3,(H,42,46)/t34-/m1/s1. The molecule has 0 aromatic heterocycles. The Morgan fingerprint density at radius 1 is 0.878 bits per heavy atom. The van der Waals surface area contributed by atoms with Crippen LogP contribution in [-0.4, -0.2) is 43.8 Å². The van der Waals surface area contributed by atoms with Crippen LogP contribution in [0, 0.1) is 6.92 Å². The average Bonchev–Trinajstić information content (AvgIpc) is 3.59. The predicted octanol–water partition coefficient (Wildman–Crippen LogP) is 7.67. The minimum absolute atomic E-state index is 0.0529. The number of nitrogens with one attached hydrogen (secondary N) is 1. The van der Waals surface area contributed by atoms with Gasteiger partial charge in [0.05, 0.1) is 16.1 Å². The highest BCUT2D eigenvalue weighted by molar-refractivity contribution is 9.10. The first-order chi connectivity index (χ1) is 23.3. The van der Waals surface area contributed by atoms with Crippen molar-refractivity contribution in [3.8, 4) is 0 Å². The molecule has 2 amide bonds. The summed E-state index contributed by atoms with van der Waals surface area (Å²) in [5.74, 6) is -1.13. The fraction of sp³-hybridized carbons (Fsp3) is 0.297. The van der Waals surface area contributed by atoms with Crippen LogP contribution < -0.4 is 9.62 Å². The smallest absolute Gasteiger partial charge is 0.352 e. The van der Waals surface area contributed by atoms with Crippen molar-refractivity contribution in [2.75, 3.05) is 10.8 Å². The zero-order chi connectivity index (χ0) is 35.2. The second-order valence-electron chi connectivity index (χ2n) is 12.2. The highest BCUT2D eigenvalue weighted by Crippen LogP contribution is 2.33. The van der Waals surface area contributed by atoms with Gasteiger partial charge in [0, 0.05) is 23.5 Å². The molecule has 1 aliphatic carbocycles. The van der Waals surface area contributed by atoms with E-state index in [1.165, 1.54) is 23.1 Å². The van der Waals surface area contributed by atoms with Crippen LogP contribution in [-0.2, 0) is 38.8 Å². The Morgan fingerprint density at radius 2 is 1.53 bits per heavy atom. The van der Waals surface area contributed by atoms with E-state index in [0.717, 1.165) is 53.4 Å². The Balaban J connectivity index is 1.59. The summed E-state index contributed by atoms with van der Waals surface area (Å²) in [4.78, 5) is 29.8. The molecule has 1 fully saturated rings. The molecular formula is C37H37BrF3N3O4S. The number of halogens is 4. The lowest BCUT2D eigenvalue weighted by Crippen LogP contribution is -2.54. The van der Waals surface area contributed by atoms with Crippen molar-refractivity contribution in [2.24, 2.45) is 0 Å². The second-order valence-corrected chi connectivity index (χ2v) is 15.0. The SMILES string of the molecule is Cc1ccc(S(=O)(=O)N(CC(=O)N(Cc2ccc(Br)cc2)[C@H](Cc2ccccc2)C(=O)NC2CCCC2)c2cccc(C(F)(F)F)c2)cc1. The minimum Gasteiger partial charge on any atom is -0.352 e. The van der Waals surface area contributed by atoms with Gasteiger partial charge in [-0.1, -0.05) is 95.0 Å². The number of hydrogen-bond donors (Lipinski definition) is 1. The van der Waals surface area contributed by atoms with Crippen molar-refractivity contribution in [3.63, 3.8) is 0 Å². The van der Waals surface area contributed by atoms with Gasteiger partial charge in [0.2, 0.25) is 11.8 Å². The molecule has 0 saturated heterocycles. The van der Waals surface area contributed by atoms with Crippen LogP contribution in [0.3, 0.4) is 0 Å². The number of carbonyl (C=O) groups is 2. The molecule has 5 rings (SSSR count). The first kappa shape index (κ1) is 36.1. The monoisotopic (exact) mass is 755 g/mol. The first-order valence-corrected chi connectivity index (χ1v) is 18.2. The highest BCUT2D eigenvalue weighted by atomic mass is 79.9. The van der Waals surface area contributed by atoms with E-state index in [1.807, 2.05) is 30.3 Å². The quantitative estimate of drug-likeness (QED) is 0.161. The number of carbonyl (C=O) groups excluding carboxylic acids is 2. The van der Waals surface area contributed by atoms with Crippen LogP contribution in [0.4, 0.5) is 18.9 Å². The number of benzene rings is 4. The van der Waals surface area contributed by atoms with Crippen LogP contribution in [0.1, 0.15) is 47.9 Å². The summed E-state index contributed by atoms with van der Waals surface area (Å²) in [5.41, 5.74) is 0.840. The molecule has 0 bridgehead atoms. The molecule has 258 valence electrons. The molecule has 0 heterocycles. The topological polar surface area (TPSA) is 86.8 Å². The Labute approximate surface area is 293 Å². The van der Waals surface area contributed by atoms with Gasteiger partial charge in [-0.3, -0.25) is 13.9 Å². The average molecular weight is 757 g/mol. The summed E-state index contributed by atoms with van der Waals surface area (Å²) in [5, 5.41) is 3.10. The number of rotatable bonds is 12. The maximum absolute atomic E-state index is 14.6. The van der Waals surface area contributed by atoms with Crippen LogP contribution in [0.25, 0.3) is 0 Å². The largest absolute Gasteiger partial charge is 0.416 e. The fourth-order valence-corrected chi connectivity index (χ4v) is 7.58. The van der Waals surface area contributed by atoms with Crippen LogP contribution in [0.2, 0.25) is 0 Å². The van der Waals surface area contributed by atoms with Crippen molar-refractivity contribution < 1.29 is 31.2 Å². The van der Waals surface area contributed by atoms with E-state index in [1.54, 1.807) is 43.3 Å². The number of anilines is 1. The molecular weight excluding hydrogens is 719 g/mol. The predicted molar refractivity (Wildman–Crippen MR) is 186 cm³/mol. The van der Waals surface area contributed by atoms with E-state index < -0.39 is 40.3 Å². The molecule has 0 aliphatic heterocycles. The third kappa shape index (κ3) is 9.30. The van der Waals surface area contributed by atoms with E-state index in [4.69, 9.17) is 0 Å². The van der Waals surface area contributed by atoms with Crippen molar-refractivity contribution in [3.05, 3.63) is 130 Å². The molecule has 1 N–H and O–H groups in total. The fourth-order valence-electron chi connectivity index (χ4n) is 5.91. The molecule has 0 spiro atoms. The summed E-state index contributed by atoms with van der Waals surface area (Å²) in [6, 6.07) is 24.9. The van der Waals surface area contributed by atoms with Gasteiger partial charge in [0.25, 0.3) is 10.0 Å². The minimum atomic E-state index is -4.76. The van der Waals surface area contributed by atoms with E-state index in [9.17, 15) is 31.2 Å². The lowest BCUT2D eigenvalue weighted by molar-refractivity contribution is -0.140. The van der Waals surface area contributed by atoms with Crippen molar-refractivity contribution in [1.82, 2.24) is 10.2 Å². The van der Waals surface area contributed by atoms with Gasteiger partial charge in [-0.25, -0.2) is 8.42 Å². The Bertz CT molecular complexity index is 1850. The molecule has 1 aliphatic rings. The van der Waals surface area contributed by atoms with E-state index in [0.29, 0.717) is 15.9 Å². The molecule has 1 saturated carbocycles. The Hall–Kier alpha value is -4.16. The van der Waals surface area contributed by atoms with Crippen LogP contribution in [0.15, 0.2) is 112 Å². The number of nitrogens with zero attached hydrogens (tertiary/aromatic N) is 2. The zero-order valence-electron chi connectivity index (χ0n) is 26.9. The number of amides is 2. The molecule has 0 radical (unpaired) electrons. The maximum Gasteiger partial charge on any atom is 0.416 e. The summed E-state index contributed by atoms with van der Waals surface area (Å²) in [7, 11) is -4.55. The summed E-state index contributed by atoms with van der Waals surface area (Å²) in [6.07, 6.45) is -1.07. The molecule has 7 nitrogen and oxygen atoms in total. The van der Waals surface area contributed by atoms with Crippen molar-refractivity contribution in [2.45, 2.75) is 68.7 Å². The number of aryl methyl sites for hydroxylation is 1. The molecule has 4 aromatic carbocycles. The molecule has 4 aromatic rings. The summed E-state index contributed by atoms with van der Waals surface area (Å²) in [6.45, 7) is 0.868. The van der Waals surface area contributed by atoms with E-state index in [-0.39, 0.29) is 35.5 Å². The molecule has 49 heavy (non-hydrogen) atoms. The van der Waals surface area contributed by atoms with Gasteiger partial charge in [0.15, 0.2) is 0 Å². The van der Waals surface area contributed by atoms with E-state index in [2.05, 4.69) is 21.2 Å². The van der Waals surface area contributed by atoms with Gasteiger partial charge in [-0.15, -0.1) is 0 Å². The van der Waals surface area contributed by atoms with E-state index >= 15 is 0 Å². The van der Waals surface area contributed by atoms with Gasteiger partial charge in [-0.05, 0) is 73.4 Å². The van der Waals surface area contributed by atoms with Crippen molar-refractivity contribution in [1.29, 1.82) is 0 Å². The summed E-state index contributed by atoms with van der Waals surface area (Å²) < 4.78 is 71.3. The van der Waals surface area contributed by atoms with Gasteiger partial charge >= 0.3 is 6.18 Å². The maximum atomic E-state index is 14.6. The van der Waals surface area contributed by atoms with Crippen LogP contribution in [0.5, 0.6) is 0 Å². The van der Waals surface area contributed by atoms with Gasteiger partial charge < -0.3 is 10.2 Å². The third-order valence-electron chi connectivity index (χ3n) is 8.59. The molecule has 12 heteroatoms. The Morgan fingerprint density at radius 3 is 2.16 bits per heavy atom. The second kappa shape index (κ2) is 15.6. The lowest BCUT2D eigenvalue weighted by atomic mass is 10.0. The zero-order valence-corrected chi connectivity index (χ0v) is 29.3. The number of hydrogen-bond acceptors (Lipinski definition) is 4. The number of sulfonamides is 1. The van der Waals surface area contributed by atoms with Gasteiger partial charge in [0.1, 0.15) is 12.6 Å². The van der Waals surface area contributed by atoms with Gasteiger partial charge in [-0.2, -0.15) is 13.2 Å². The highest BCUT2D eigenvalue weighted by Gasteiger charge is 2.37. The normalized spacial score (nSPS) is 14.3. The molecule has 1 atom stereocenters. The Kier molecular flexibility index (Phi) is 11.5. The lowest BCUT2D eigenvalue weighted by Gasteiger charge is -2.34. The van der Waals surface area contributed by atoms with Crippen LogP contribution >= 0.6 is 15.9 Å². The number of alkyl halides is 3. The molecule has 0 unspecified atom stereocenters. The first-order valence-electron chi connectivity index (χ1n) is 16.0. The third-order valence-corrected chi connectivity index (χ3v) is 10.9. The summed E-state index contributed by atoms with van der Waals surface area (Å²) >= 11 is 3.41. The van der Waals surface area contributed by atoms with Crippen molar-refractivity contribution >= 4 is 43.5 Å².